The summed E-state index contributed by atoms with van der Waals surface area (Å²) >= 11 is 0. The van der Waals surface area contributed by atoms with Crippen molar-refractivity contribution in [3.05, 3.63) is 30.1 Å². The van der Waals surface area contributed by atoms with Gasteiger partial charge in [-0.25, -0.2) is 8.42 Å². The van der Waals surface area contributed by atoms with Crippen molar-refractivity contribution >= 4 is 10.0 Å². The monoisotopic (exact) mass is 297 g/mol. The van der Waals surface area contributed by atoms with Crippen molar-refractivity contribution in [2.75, 3.05) is 12.3 Å². The summed E-state index contributed by atoms with van der Waals surface area (Å²) in [6.07, 6.45) is 4.97. The van der Waals surface area contributed by atoms with E-state index in [1.165, 1.54) is 0 Å². The molecule has 2 N–H and O–H groups in total. The summed E-state index contributed by atoms with van der Waals surface area (Å²) in [5.74, 6) is 0.102. The minimum atomic E-state index is -3.28. The molecular weight excluding hydrogens is 274 g/mol. The van der Waals surface area contributed by atoms with Gasteiger partial charge >= 0.3 is 0 Å². The molecule has 5 nitrogen and oxygen atoms in total. The second kappa shape index (κ2) is 6.65. The number of pyridine rings is 1. The first-order valence-corrected chi connectivity index (χ1v) is 8.76. The van der Waals surface area contributed by atoms with Gasteiger partial charge in [0.05, 0.1) is 5.75 Å². The number of hydrogen-bond donors (Lipinski definition) is 1. The van der Waals surface area contributed by atoms with Crippen LogP contribution in [0.2, 0.25) is 0 Å². The van der Waals surface area contributed by atoms with Crippen LogP contribution in [-0.4, -0.2) is 42.1 Å². The van der Waals surface area contributed by atoms with E-state index in [1.54, 1.807) is 10.5 Å². The summed E-state index contributed by atoms with van der Waals surface area (Å²) in [6, 6.07) is 5.56. The van der Waals surface area contributed by atoms with Gasteiger partial charge in [-0.1, -0.05) is 12.5 Å². The molecule has 1 aliphatic heterocycles. The van der Waals surface area contributed by atoms with Gasteiger partial charge in [0.25, 0.3) is 0 Å². The summed E-state index contributed by atoms with van der Waals surface area (Å²) in [5.41, 5.74) is 6.55. The fraction of sp³-hybridized carbons (Fsp3) is 0.643. The van der Waals surface area contributed by atoms with Crippen LogP contribution in [0.15, 0.2) is 24.4 Å². The number of aryl methyl sites for hydroxylation is 1. The molecule has 1 aromatic rings. The van der Waals surface area contributed by atoms with Gasteiger partial charge in [-0.05, 0) is 31.9 Å². The van der Waals surface area contributed by atoms with Crippen LogP contribution in [0.3, 0.4) is 0 Å². The highest BCUT2D eigenvalue weighted by molar-refractivity contribution is 7.89. The molecule has 6 heteroatoms. The molecule has 0 bridgehead atoms. The van der Waals surface area contributed by atoms with E-state index in [4.69, 9.17) is 5.73 Å². The van der Waals surface area contributed by atoms with E-state index in [1.807, 2.05) is 25.1 Å². The van der Waals surface area contributed by atoms with Gasteiger partial charge in [0.2, 0.25) is 10.0 Å². The Morgan fingerprint density at radius 2 is 2.20 bits per heavy atom. The number of nitrogens with two attached hydrogens (primary N) is 1. The molecule has 1 saturated heterocycles. The Morgan fingerprint density at radius 3 is 2.85 bits per heavy atom. The summed E-state index contributed by atoms with van der Waals surface area (Å²) in [7, 11) is -3.28. The average Bonchev–Trinajstić information content (AvgIpc) is 2.45. The first-order valence-electron chi connectivity index (χ1n) is 7.16. The molecule has 1 aliphatic rings. The zero-order valence-electron chi connectivity index (χ0n) is 11.9. The molecule has 0 spiro atoms. The van der Waals surface area contributed by atoms with E-state index in [2.05, 4.69) is 4.98 Å². The van der Waals surface area contributed by atoms with Crippen LogP contribution in [-0.2, 0) is 16.4 Å². The van der Waals surface area contributed by atoms with E-state index >= 15 is 0 Å². The highest BCUT2D eigenvalue weighted by Crippen LogP contribution is 2.26. The van der Waals surface area contributed by atoms with Crippen molar-refractivity contribution in [2.45, 2.75) is 44.7 Å². The first kappa shape index (κ1) is 15.4. The zero-order chi connectivity index (χ0) is 14.6. The molecule has 2 atom stereocenters. The number of sulfonamides is 1. The lowest BCUT2D eigenvalue weighted by atomic mass is 10.00. The number of nitrogens with zero attached hydrogens (tertiary/aromatic N) is 2. The van der Waals surface area contributed by atoms with Crippen LogP contribution in [0, 0.1) is 0 Å². The third kappa shape index (κ3) is 3.56. The Hall–Kier alpha value is -0.980. The van der Waals surface area contributed by atoms with Gasteiger partial charge in [-0.15, -0.1) is 0 Å². The highest BCUT2D eigenvalue weighted by Gasteiger charge is 2.35. The molecule has 20 heavy (non-hydrogen) atoms. The minimum Gasteiger partial charge on any atom is -0.329 e. The van der Waals surface area contributed by atoms with Crippen molar-refractivity contribution in [1.29, 1.82) is 0 Å². The van der Waals surface area contributed by atoms with Gasteiger partial charge in [0, 0.05) is 36.9 Å². The minimum absolute atomic E-state index is 0.0473. The van der Waals surface area contributed by atoms with Gasteiger partial charge < -0.3 is 5.73 Å². The molecule has 1 fully saturated rings. The van der Waals surface area contributed by atoms with Gasteiger partial charge in [-0.3, -0.25) is 4.98 Å². The van der Waals surface area contributed by atoms with Crippen molar-refractivity contribution in [1.82, 2.24) is 9.29 Å². The fourth-order valence-corrected chi connectivity index (χ4v) is 4.85. The van der Waals surface area contributed by atoms with E-state index in [9.17, 15) is 8.42 Å². The molecule has 2 heterocycles. The maximum absolute atomic E-state index is 12.6. The lowest BCUT2D eigenvalue weighted by molar-refractivity contribution is 0.196. The topological polar surface area (TPSA) is 76.3 Å². The number of piperidine rings is 1. The molecule has 2 unspecified atom stereocenters. The lowest BCUT2D eigenvalue weighted by Crippen LogP contribution is -2.52. The SMILES string of the molecule is CC1CCCC(CN)N1S(=O)(=O)CCc1ccccn1. The Labute approximate surface area is 121 Å². The fourth-order valence-electron chi connectivity index (χ4n) is 2.87. The average molecular weight is 297 g/mol. The molecule has 0 radical (unpaired) electrons. The third-order valence-corrected chi connectivity index (χ3v) is 5.91. The maximum Gasteiger partial charge on any atom is 0.215 e. The predicted molar refractivity (Wildman–Crippen MR) is 79.7 cm³/mol. The van der Waals surface area contributed by atoms with Crippen molar-refractivity contribution in [3.8, 4) is 0 Å². The third-order valence-electron chi connectivity index (χ3n) is 3.89. The highest BCUT2D eigenvalue weighted by atomic mass is 32.2. The summed E-state index contributed by atoms with van der Waals surface area (Å²) in [5, 5.41) is 0. The van der Waals surface area contributed by atoms with Crippen LogP contribution >= 0.6 is 0 Å². The second-order valence-corrected chi connectivity index (χ2v) is 7.38. The zero-order valence-corrected chi connectivity index (χ0v) is 12.7. The van der Waals surface area contributed by atoms with E-state index < -0.39 is 10.0 Å². The van der Waals surface area contributed by atoms with Crippen LogP contribution < -0.4 is 5.73 Å². The molecule has 0 saturated carbocycles. The Bertz CT molecular complexity index is 518. The molecule has 1 aromatic heterocycles. The van der Waals surface area contributed by atoms with E-state index in [0.29, 0.717) is 13.0 Å². The van der Waals surface area contributed by atoms with E-state index in [0.717, 1.165) is 25.0 Å². The molecular formula is C14H23N3O2S. The standard InChI is InChI=1S/C14H23N3O2S/c1-12-5-4-7-14(11-15)17(12)20(18,19)10-8-13-6-2-3-9-16-13/h2-3,6,9,12,14H,4-5,7-8,10-11,15H2,1H3. The van der Waals surface area contributed by atoms with Gasteiger partial charge in [0.1, 0.15) is 0 Å². The van der Waals surface area contributed by atoms with Crippen LogP contribution in [0.4, 0.5) is 0 Å². The molecule has 0 aliphatic carbocycles. The Balaban J connectivity index is 2.08. The first-order chi connectivity index (χ1) is 9.54. The smallest absolute Gasteiger partial charge is 0.215 e. The normalized spacial score (nSPS) is 24.7. The Morgan fingerprint density at radius 1 is 1.40 bits per heavy atom. The van der Waals surface area contributed by atoms with Crippen molar-refractivity contribution < 1.29 is 8.42 Å². The molecule has 112 valence electrons. The molecule has 2 rings (SSSR count). The van der Waals surface area contributed by atoms with E-state index in [-0.39, 0.29) is 17.8 Å². The molecule has 0 amide bonds. The largest absolute Gasteiger partial charge is 0.329 e. The quantitative estimate of drug-likeness (QED) is 0.884. The van der Waals surface area contributed by atoms with Crippen molar-refractivity contribution in [2.24, 2.45) is 5.73 Å². The number of hydrogen-bond acceptors (Lipinski definition) is 4. The molecule has 0 aromatic carbocycles. The lowest BCUT2D eigenvalue weighted by Gasteiger charge is -2.39. The summed E-state index contributed by atoms with van der Waals surface area (Å²) in [4.78, 5) is 4.18. The number of rotatable bonds is 5. The number of aromatic nitrogens is 1. The van der Waals surface area contributed by atoms with Crippen LogP contribution in [0.25, 0.3) is 0 Å². The maximum atomic E-state index is 12.6. The summed E-state index contributed by atoms with van der Waals surface area (Å²) < 4.78 is 26.8. The van der Waals surface area contributed by atoms with Gasteiger partial charge in [0.15, 0.2) is 0 Å². The van der Waals surface area contributed by atoms with Crippen molar-refractivity contribution in [3.63, 3.8) is 0 Å². The second-order valence-electron chi connectivity index (χ2n) is 5.39. The predicted octanol–water partition coefficient (Wildman–Crippen LogP) is 1.16. The summed E-state index contributed by atoms with van der Waals surface area (Å²) in [6.45, 7) is 2.37. The van der Waals surface area contributed by atoms with Crippen LogP contribution in [0.5, 0.6) is 0 Å². The Kier molecular flexibility index (Phi) is 5.12. The van der Waals surface area contributed by atoms with Crippen LogP contribution in [0.1, 0.15) is 31.9 Å². The van der Waals surface area contributed by atoms with Gasteiger partial charge in [-0.2, -0.15) is 4.31 Å².